The van der Waals surface area contributed by atoms with Gasteiger partial charge in [0, 0.05) is 17.3 Å². The van der Waals surface area contributed by atoms with Crippen LogP contribution in [0.15, 0.2) is 28.7 Å². The molecule has 1 aliphatic heterocycles. The minimum Gasteiger partial charge on any atom is -0.348 e. The Morgan fingerprint density at radius 1 is 1.25 bits per heavy atom. The van der Waals surface area contributed by atoms with Gasteiger partial charge in [-0.3, -0.25) is 19.3 Å². The van der Waals surface area contributed by atoms with Gasteiger partial charge in [0.15, 0.2) is 0 Å². The Morgan fingerprint density at radius 2 is 1.80 bits per heavy atom. The predicted molar refractivity (Wildman–Crippen MR) is 76.7 cm³/mol. The van der Waals surface area contributed by atoms with Gasteiger partial charge in [0.25, 0.3) is 0 Å². The van der Waals surface area contributed by atoms with Gasteiger partial charge in [0.2, 0.25) is 17.7 Å². The van der Waals surface area contributed by atoms with E-state index in [2.05, 4.69) is 21.2 Å². The Bertz CT molecular complexity index is 526. The van der Waals surface area contributed by atoms with Crippen LogP contribution < -0.4 is 5.32 Å². The van der Waals surface area contributed by atoms with E-state index in [9.17, 15) is 14.4 Å². The third kappa shape index (κ3) is 3.45. The summed E-state index contributed by atoms with van der Waals surface area (Å²) in [6.45, 7) is 1.66. The van der Waals surface area contributed by atoms with E-state index in [0.717, 1.165) is 14.9 Å². The first kappa shape index (κ1) is 14.7. The summed E-state index contributed by atoms with van der Waals surface area (Å²) >= 11 is 3.35. The molecule has 1 aliphatic rings. The fourth-order valence-corrected chi connectivity index (χ4v) is 2.33. The summed E-state index contributed by atoms with van der Waals surface area (Å²) in [6.07, 6.45) is 0.406. The zero-order valence-electron chi connectivity index (χ0n) is 11.1. The number of rotatable bonds is 4. The van der Waals surface area contributed by atoms with Crippen LogP contribution in [0.4, 0.5) is 0 Å². The second-order valence-electron chi connectivity index (χ2n) is 4.71. The molecule has 0 radical (unpaired) electrons. The number of amides is 3. The van der Waals surface area contributed by atoms with Crippen molar-refractivity contribution in [3.63, 3.8) is 0 Å². The van der Waals surface area contributed by atoms with Gasteiger partial charge >= 0.3 is 0 Å². The molecule has 1 aromatic carbocycles. The van der Waals surface area contributed by atoms with E-state index >= 15 is 0 Å². The first-order chi connectivity index (χ1) is 9.47. The molecule has 106 valence electrons. The molecule has 5 nitrogen and oxygen atoms in total. The summed E-state index contributed by atoms with van der Waals surface area (Å²) in [5.74, 6) is -0.882. The summed E-state index contributed by atoms with van der Waals surface area (Å²) in [5.41, 5.74) is 0.959. The molecule has 1 fully saturated rings. The van der Waals surface area contributed by atoms with Crippen LogP contribution in [0.2, 0.25) is 0 Å². The van der Waals surface area contributed by atoms with Crippen molar-refractivity contribution in [2.24, 2.45) is 0 Å². The fourth-order valence-electron chi connectivity index (χ4n) is 2.06. The molecule has 20 heavy (non-hydrogen) atoms. The third-order valence-electron chi connectivity index (χ3n) is 3.20. The van der Waals surface area contributed by atoms with E-state index in [4.69, 9.17) is 0 Å². The molecule has 1 heterocycles. The van der Waals surface area contributed by atoms with Crippen molar-refractivity contribution < 1.29 is 14.4 Å². The summed E-state index contributed by atoms with van der Waals surface area (Å²) in [5, 5.41) is 2.78. The highest BCUT2D eigenvalue weighted by molar-refractivity contribution is 9.10. The molecule has 6 heteroatoms. The monoisotopic (exact) mass is 338 g/mol. The van der Waals surface area contributed by atoms with Crippen molar-refractivity contribution in [1.82, 2.24) is 10.2 Å². The zero-order chi connectivity index (χ0) is 14.7. The van der Waals surface area contributed by atoms with Crippen LogP contribution >= 0.6 is 15.9 Å². The molecule has 1 atom stereocenters. The highest BCUT2D eigenvalue weighted by Crippen LogP contribution is 2.17. The van der Waals surface area contributed by atoms with E-state index in [-0.39, 0.29) is 43.1 Å². The van der Waals surface area contributed by atoms with Crippen LogP contribution in [0.5, 0.6) is 0 Å². The lowest BCUT2D eigenvalue weighted by molar-refractivity contribution is -0.142. The number of hydrogen-bond acceptors (Lipinski definition) is 3. The molecule has 1 N–H and O–H groups in total. The standard InChI is InChI=1S/C14H15BrN2O3/c1-9(10-2-4-11(15)5-3-10)16-12(18)8-17-13(19)6-7-14(17)20/h2-5,9H,6-8H2,1H3,(H,16,18)/t9-/m1/s1. The maximum Gasteiger partial charge on any atom is 0.240 e. The number of carbonyl (C=O) groups is 3. The van der Waals surface area contributed by atoms with Crippen LogP contribution in [-0.2, 0) is 14.4 Å². The SMILES string of the molecule is C[C@@H](NC(=O)CN1C(=O)CCC1=O)c1ccc(Br)cc1. The first-order valence-corrected chi connectivity index (χ1v) is 7.14. The summed E-state index contributed by atoms with van der Waals surface area (Å²) in [7, 11) is 0. The maximum atomic E-state index is 11.9. The van der Waals surface area contributed by atoms with Crippen molar-refractivity contribution in [1.29, 1.82) is 0 Å². The molecule has 1 saturated heterocycles. The van der Waals surface area contributed by atoms with Crippen molar-refractivity contribution in [2.75, 3.05) is 6.54 Å². The van der Waals surface area contributed by atoms with E-state index in [1.165, 1.54) is 0 Å². The predicted octanol–water partition coefficient (Wildman–Crippen LogP) is 1.78. The first-order valence-electron chi connectivity index (χ1n) is 6.35. The number of halogens is 1. The van der Waals surface area contributed by atoms with Gasteiger partial charge in [-0.2, -0.15) is 0 Å². The summed E-state index contributed by atoms with van der Waals surface area (Å²) in [4.78, 5) is 35.8. The van der Waals surface area contributed by atoms with Gasteiger partial charge < -0.3 is 5.32 Å². The highest BCUT2D eigenvalue weighted by Gasteiger charge is 2.30. The normalized spacial score (nSPS) is 16.4. The van der Waals surface area contributed by atoms with Crippen LogP contribution in [0.1, 0.15) is 31.4 Å². The smallest absolute Gasteiger partial charge is 0.240 e. The lowest BCUT2D eigenvalue weighted by atomic mass is 10.1. The van der Waals surface area contributed by atoms with Gasteiger partial charge in [-0.25, -0.2) is 0 Å². The number of benzene rings is 1. The van der Waals surface area contributed by atoms with E-state index < -0.39 is 0 Å². The molecule has 2 rings (SSSR count). The fraction of sp³-hybridized carbons (Fsp3) is 0.357. The molecule has 0 unspecified atom stereocenters. The number of hydrogen-bond donors (Lipinski definition) is 1. The largest absolute Gasteiger partial charge is 0.348 e. The molecule has 1 aromatic rings. The molecular weight excluding hydrogens is 324 g/mol. The minimum absolute atomic E-state index is 0.177. The summed E-state index contributed by atoms with van der Waals surface area (Å²) < 4.78 is 0.966. The lowest BCUT2D eigenvalue weighted by Crippen LogP contribution is -2.40. The lowest BCUT2D eigenvalue weighted by Gasteiger charge is -2.17. The molecule has 0 saturated carbocycles. The molecule has 0 aromatic heterocycles. The second-order valence-corrected chi connectivity index (χ2v) is 5.63. The molecule has 0 bridgehead atoms. The Balaban J connectivity index is 1.92. The second kappa shape index (κ2) is 6.17. The number of carbonyl (C=O) groups excluding carboxylic acids is 3. The van der Waals surface area contributed by atoms with Gasteiger partial charge in [0.05, 0.1) is 6.04 Å². The Morgan fingerprint density at radius 3 is 2.35 bits per heavy atom. The van der Waals surface area contributed by atoms with Crippen molar-refractivity contribution in [3.05, 3.63) is 34.3 Å². The topological polar surface area (TPSA) is 66.5 Å². The zero-order valence-corrected chi connectivity index (χ0v) is 12.6. The Labute approximate surface area is 125 Å². The molecule has 3 amide bonds. The average molecular weight is 339 g/mol. The molecule has 0 spiro atoms. The van der Waals surface area contributed by atoms with Crippen molar-refractivity contribution >= 4 is 33.7 Å². The Hall–Kier alpha value is -1.69. The van der Waals surface area contributed by atoms with Gasteiger partial charge in [-0.15, -0.1) is 0 Å². The number of imide groups is 1. The molecule has 0 aliphatic carbocycles. The quantitative estimate of drug-likeness (QED) is 0.851. The third-order valence-corrected chi connectivity index (χ3v) is 3.73. The number of nitrogens with one attached hydrogen (secondary N) is 1. The molecular formula is C14H15BrN2O3. The van der Waals surface area contributed by atoms with Crippen LogP contribution in [0.25, 0.3) is 0 Å². The minimum atomic E-state index is -0.330. The van der Waals surface area contributed by atoms with E-state index in [1.807, 2.05) is 31.2 Å². The number of nitrogens with zero attached hydrogens (tertiary/aromatic N) is 1. The summed E-state index contributed by atoms with van der Waals surface area (Å²) in [6, 6.07) is 7.42. The number of likely N-dealkylation sites (tertiary alicyclic amines) is 1. The van der Waals surface area contributed by atoms with E-state index in [0.29, 0.717) is 0 Å². The van der Waals surface area contributed by atoms with Crippen molar-refractivity contribution in [3.8, 4) is 0 Å². The average Bonchev–Trinajstić information content (AvgIpc) is 2.71. The van der Waals surface area contributed by atoms with Crippen LogP contribution in [0.3, 0.4) is 0 Å². The Kier molecular flexibility index (Phi) is 4.54. The van der Waals surface area contributed by atoms with E-state index in [1.54, 1.807) is 0 Å². The van der Waals surface area contributed by atoms with Crippen LogP contribution in [0, 0.1) is 0 Å². The van der Waals surface area contributed by atoms with Crippen LogP contribution in [-0.4, -0.2) is 29.2 Å². The van der Waals surface area contributed by atoms with Gasteiger partial charge in [-0.1, -0.05) is 28.1 Å². The van der Waals surface area contributed by atoms with Gasteiger partial charge in [0.1, 0.15) is 6.54 Å². The van der Waals surface area contributed by atoms with Gasteiger partial charge in [-0.05, 0) is 24.6 Å². The maximum absolute atomic E-state index is 11.9. The highest BCUT2D eigenvalue weighted by atomic mass is 79.9. The van der Waals surface area contributed by atoms with Crippen molar-refractivity contribution in [2.45, 2.75) is 25.8 Å².